The van der Waals surface area contributed by atoms with Gasteiger partial charge in [-0.1, -0.05) is 24.3 Å². The smallest absolute Gasteiger partial charge is 0.251 e. The summed E-state index contributed by atoms with van der Waals surface area (Å²) in [5.74, 6) is 1.53. The lowest BCUT2D eigenvalue weighted by Gasteiger charge is -2.37. The number of amides is 1. The zero-order valence-electron chi connectivity index (χ0n) is 21.6. The molecule has 0 spiro atoms. The van der Waals surface area contributed by atoms with E-state index in [1.165, 1.54) is 22.4 Å². The van der Waals surface area contributed by atoms with Gasteiger partial charge in [0.25, 0.3) is 5.91 Å². The summed E-state index contributed by atoms with van der Waals surface area (Å²) in [7, 11) is 1.61. The first-order valence-corrected chi connectivity index (χ1v) is 12.7. The van der Waals surface area contributed by atoms with Crippen molar-refractivity contribution in [2.24, 2.45) is 0 Å². The molecular weight excluding hydrogens is 450 g/mol. The van der Waals surface area contributed by atoms with E-state index in [1.807, 2.05) is 6.07 Å². The van der Waals surface area contributed by atoms with Crippen LogP contribution in [0.3, 0.4) is 0 Å². The van der Waals surface area contributed by atoms with Crippen molar-refractivity contribution in [2.75, 3.05) is 51.3 Å². The molecule has 190 valence electrons. The largest absolute Gasteiger partial charge is 0.497 e. The molecular formula is C30H37N3O3. The van der Waals surface area contributed by atoms with Crippen LogP contribution in [0.25, 0.3) is 0 Å². The first-order chi connectivity index (χ1) is 17.5. The van der Waals surface area contributed by atoms with Crippen LogP contribution in [0.15, 0.2) is 66.7 Å². The van der Waals surface area contributed by atoms with Crippen molar-refractivity contribution in [1.29, 1.82) is 0 Å². The third-order valence-electron chi connectivity index (χ3n) is 6.82. The normalized spacial score (nSPS) is 13.9. The van der Waals surface area contributed by atoms with Gasteiger partial charge in [0.15, 0.2) is 0 Å². The molecule has 1 amide bonds. The molecule has 6 heteroatoms. The quantitative estimate of drug-likeness (QED) is 0.415. The minimum atomic E-state index is -0.0858. The number of nitrogens with one attached hydrogen (secondary N) is 1. The number of aryl methyl sites for hydroxylation is 1. The van der Waals surface area contributed by atoms with Crippen LogP contribution in [0, 0.1) is 13.8 Å². The minimum Gasteiger partial charge on any atom is -0.497 e. The van der Waals surface area contributed by atoms with Crippen LogP contribution in [0.2, 0.25) is 0 Å². The molecule has 1 aliphatic heterocycles. The molecule has 1 N–H and O–H groups in total. The summed E-state index contributed by atoms with van der Waals surface area (Å²) in [4.78, 5) is 17.3. The van der Waals surface area contributed by atoms with Crippen molar-refractivity contribution >= 4 is 11.6 Å². The number of rotatable bonds is 10. The summed E-state index contributed by atoms with van der Waals surface area (Å²) >= 11 is 0. The molecule has 1 heterocycles. The highest BCUT2D eigenvalue weighted by Crippen LogP contribution is 2.24. The molecule has 3 aromatic rings. The maximum atomic E-state index is 12.2. The first kappa shape index (κ1) is 25.6. The van der Waals surface area contributed by atoms with Gasteiger partial charge in [-0.2, -0.15) is 0 Å². The second-order valence-electron chi connectivity index (χ2n) is 9.32. The lowest BCUT2D eigenvalue weighted by molar-refractivity contribution is 0.0951. The zero-order valence-corrected chi connectivity index (χ0v) is 21.6. The topological polar surface area (TPSA) is 54.0 Å². The van der Waals surface area contributed by atoms with Gasteiger partial charge in [-0.15, -0.1) is 0 Å². The average Bonchev–Trinajstić information content (AvgIpc) is 2.91. The second-order valence-corrected chi connectivity index (χ2v) is 9.32. The molecule has 3 aromatic carbocycles. The Kier molecular flexibility index (Phi) is 8.85. The van der Waals surface area contributed by atoms with Crippen LogP contribution in [-0.4, -0.2) is 57.2 Å². The maximum Gasteiger partial charge on any atom is 0.251 e. The Bertz CT molecular complexity index is 1140. The van der Waals surface area contributed by atoms with Gasteiger partial charge in [-0.25, -0.2) is 0 Å². The molecule has 0 aromatic heterocycles. The Labute approximate surface area is 214 Å². The van der Waals surface area contributed by atoms with Crippen molar-refractivity contribution in [3.63, 3.8) is 0 Å². The van der Waals surface area contributed by atoms with E-state index in [1.54, 1.807) is 31.4 Å². The summed E-state index contributed by atoms with van der Waals surface area (Å²) in [5, 5.41) is 2.94. The van der Waals surface area contributed by atoms with E-state index >= 15 is 0 Å². The summed E-state index contributed by atoms with van der Waals surface area (Å²) in [6.45, 7) is 10.6. The SMILES string of the molecule is COc1ccc(C(=O)NCCCOc2cccc(CN3CCN(c4cccc(C)c4C)CC3)c2)cc1. The molecule has 0 saturated carbocycles. The Morgan fingerprint density at radius 2 is 1.67 bits per heavy atom. The van der Waals surface area contributed by atoms with Crippen LogP contribution < -0.4 is 19.7 Å². The monoisotopic (exact) mass is 487 g/mol. The fraction of sp³-hybridized carbons (Fsp3) is 0.367. The van der Waals surface area contributed by atoms with Crippen LogP contribution in [0.4, 0.5) is 5.69 Å². The highest BCUT2D eigenvalue weighted by molar-refractivity contribution is 5.94. The van der Waals surface area contributed by atoms with E-state index < -0.39 is 0 Å². The Balaban J connectivity index is 1.18. The van der Waals surface area contributed by atoms with E-state index in [0.717, 1.165) is 50.6 Å². The molecule has 1 saturated heterocycles. The zero-order chi connectivity index (χ0) is 25.3. The van der Waals surface area contributed by atoms with Crippen LogP contribution in [0.5, 0.6) is 11.5 Å². The van der Waals surface area contributed by atoms with Crippen LogP contribution >= 0.6 is 0 Å². The van der Waals surface area contributed by atoms with Crippen molar-refractivity contribution < 1.29 is 14.3 Å². The third kappa shape index (κ3) is 6.79. The summed E-state index contributed by atoms with van der Waals surface area (Å²) in [6.07, 6.45) is 0.743. The number of piperazine rings is 1. The molecule has 1 fully saturated rings. The Morgan fingerprint density at radius 1 is 0.917 bits per heavy atom. The number of benzene rings is 3. The van der Waals surface area contributed by atoms with Crippen molar-refractivity contribution in [1.82, 2.24) is 10.2 Å². The summed E-state index contributed by atoms with van der Waals surface area (Å²) in [5.41, 5.74) is 5.99. The van der Waals surface area contributed by atoms with E-state index in [0.29, 0.717) is 18.7 Å². The van der Waals surface area contributed by atoms with Gasteiger partial charge in [-0.05, 0) is 79.4 Å². The maximum absolute atomic E-state index is 12.2. The number of hydrogen-bond donors (Lipinski definition) is 1. The number of hydrogen-bond acceptors (Lipinski definition) is 5. The van der Waals surface area contributed by atoms with Gasteiger partial charge in [0.05, 0.1) is 13.7 Å². The number of nitrogens with zero attached hydrogens (tertiary/aromatic N) is 2. The van der Waals surface area contributed by atoms with E-state index in [9.17, 15) is 4.79 Å². The lowest BCUT2D eigenvalue weighted by Crippen LogP contribution is -2.46. The lowest BCUT2D eigenvalue weighted by atomic mass is 10.1. The average molecular weight is 488 g/mol. The standard InChI is InChI=1S/C30H37N3O3/c1-23-7-4-10-29(24(23)2)33-18-16-32(17-19-33)22-25-8-5-9-28(21-25)36-20-6-15-31-30(34)26-11-13-27(35-3)14-12-26/h4-5,7-14,21H,6,15-20,22H2,1-3H3,(H,31,34). The molecule has 4 rings (SSSR count). The number of anilines is 1. The predicted molar refractivity (Wildman–Crippen MR) is 145 cm³/mol. The molecule has 36 heavy (non-hydrogen) atoms. The highest BCUT2D eigenvalue weighted by atomic mass is 16.5. The number of methoxy groups -OCH3 is 1. The molecule has 0 atom stereocenters. The fourth-order valence-electron chi connectivity index (χ4n) is 4.53. The Morgan fingerprint density at radius 3 is 2.42 bits per heavy atom. The van der Waals surface area contributed by atoms with Crippen molar-refractivity contribution in [3.05, 3.63) is 89.0 Å². The Hall–Kier alpha value is -3.51. The summed E-state index contributed by atoms with van der Waals surface area (Å²) in [6, 6.07) is 22.0. The van der Waals surface area contributed by atoms with Gasteiger partial charge in [0.1, 0.15) is 11.5 Å². The molecule has 6 nitrogen and oxygen atoms in total. The number of carbonyl (C=O) groups is 1. The van der Waals surface area contributed by atoms with Gasteiger partial charge >= 0.3 is 0 Å². The number of carbonyl (C=O) groups excluding carboxylic acids is 1. The fourth-order valence-corrected chi connectivity index (χ4v) is 4.53. The van der Waals surface area contributed by atoms with Crippen molar-refractivity contribution in [3.8, 4) is 11.5 Å². The van der Waals surface area contributed by atoms with Gasteiger partial charge < -0.3 is 19.7 Å². The predicted octanol–water partition coefficient (Wildman–Crippen LogP) is 4.83. The molecule has 0 bridgehead atoms. The van der Waals surface area contributed by atoms with Crippen LogP contribution in [-0.2, 0) is 6.54 Å². The first-order valence-electron chi connectivity index (χ1n) is 12.7. The molecule has 1 aliphatic rings. The summed E-state index contributed by atoms with van der Waals surface area (Å²) < 4.78 is 11.1. The molecule has 0 radical (unpaired) electrons. The number of ether oxygens (including phenoxy) is 2. The third-order valence-corrected chi connectivity index (χ3v) is 6.82. The van der Waals surface area contributed by atoms with Gasteiger partial charge in [0, 0.05) is 50.5 Å². The van der Waals surface area contributed by atoms with E-state index in [-0.39, 0.29) is 5.91 Å². The van der Waals surface area contributed by atoms with Gasteiger partial charge in [-0.3, -0.25) is 9.69 Å². The van der Waals surface area contributed by atoms with E-state index in [2.05, 4.69) is 65.4 Å². The molecule has 0 aliphatic carbocycles. The minimum absolute atomic E-state index is 0.0858. The van der Waals surface area contributed by atoms with Crippen molar-refractivity contribution in [2.45, 2.75) is 26.8 Å². The molecule has 0 unspecified atom stereocenters. The van der Waals surface area contributed by atoms with E-state index in [4.69, 9.17) is 9.47 Å². The highest BCUT2D eigenvalue weighted by Gasteiger charge is 2.19. The second kappa shape index (κ2) is 12.5. The van der Waals surface area contributed by atoms with Gasteiger partial charge in [0.2, 0.25) is 0 Å². The van der Waals surface area contributed by atoms with Crippen LogP contribution in [0.1, 0.15) is 33.5 Å².